The highest BCUT2D eigenvalue weighted by Crippen LogP contribution is 2.26. The van der Waals surface area contributed by atoms with Crippen molar-refractivity contribution in [2.75, 3.05) is 0 Å². The van der Waals surface area contributed by atoms with Gasteiger partial charge in [0.15, 0.2) is 0 Å². The number of hydrogen-bond donors (Lipinski definition) is 0. The lowest BCUT2D eigenvalue weighted by atomic mass is 10.3. The molecule has 3 aromatic heterocycles. The van der Waals surface area contributed by atoms with E-state index in [2.05, 4.69) is 10.1 Å². The molecule has 4 rings (SSSR count). The molecule has 116 valence electrons. The van der Waals surface area contributed by atoms with Gasteiger partial charge in [-0.2, -0.15) is 4.98 Å². The van der Waals surface area contributed by atoms with Crippen LogP contribution in [0.3, 0.4) is 0 Å². The van der Waals surface area contributed by atoms with E-state index in [9.17, 15) is 4.79 Å². The van der Waals surface area contributed by atoms with Gasteiger partial charge in [-0.25, -0.2) is 4.79 Å². The number of rotatable bonds is 3. The van der Waals surface area contributed by atoms with Crippen LogP contribution in [0, 0.1) is 6.92 Å². The van der Waals surface area contributed by atoms with Crippen LogP contribution >= 0.6 is 11.3 Å². The average Bonchev–Trinajstić information content (AvgIpc) is 3.24. The summed E-state index contributed by atoms with van der Waals surface area (Å²) in [5.74, 6) is 0.993. The fraction of sp³-hybridized carbons (Fsp3) is 0.188. The Balaban J connectivity index is 1.75. The Labute approximate surface area is 135 Å². The van der Waals surface area contributed by atoms with Crippen molar-refractivity contribution in [1.82, 2.24) is 19.3 Å². The minimum absolute atomic E-state index is 0.0988. The van der Waals surface area contributed by atoms with E-state index in [1.165, 1.54) is 0 Å². The largest absolute Gasteiger partial charge is 0.337 e. The number of hydrogen-bond acceptors (Lipinski definition) is 5. The van der Waals surface area contributed by atoms with E-state index in [0.29, 0.717) is 11.7 Å². The van der Waals surface area contributed by atoms with E-state index in [4.69, 9.17) is 4.52 Å². The molecule has 0 saturated heterocycles. The first-order valence-electron chi connectivity index (χ1n) is 7.16. The summed E-state index contributed by atoms with van der Waals surface area (Å²) in [4.78, 5) is 17.8. The monoisotopic (exact) mass is 326 g/mol. The molecule has 0 atom stereocenters. The maximum absolute atomic E-state index is 12.4. The van der Waals surface area contributed by atoms with Gasteiger partial charge < -0.3 is 4.52 Å². The Kier molecular flexibility index (Phi) is 3.16. The van der Waals surface area contributed by atoms with Crippen LogP contribution in [-0.2, 0) is 13.6 Å². The van der Waals surface area contributed by atoms with Gasteiger partial charge in [0.25, 0.3) is 0 Å². The molecule has 0 unspecified atom stereocenters. The summed E-state index contributed by atoms with van der Waals surface area (Å²) in [5, 5.41) is 6.03. The molecule has 1 aromatic carbocycles. The third-order valence-corrected chi connectivity index (χ3v) is 4.89. The summed E-state index contributed by atoms with van der Waals surface area (Å²) in [7, 11) is 1.76. The second-order valence-corrected chi connectivity index (χ2v) is 6.28. The van der Waals surface area contributed by atoms with Crippen LogP contribution in [0.1, 0.15) is 11.5 Å². The molecule has 7 heteroatoms. The predicted octanol–water partition coefficient (Wildman–Crippen LogP) is 2.81. The van der Waals surface area contributed by atoms with Crippen LogP contribution in [-0.4, -0.2) is 19.3 Å². The van der Waals surface area contributed by atoms with Crippen LogP contribution in [0.25, 0.3) is 21.7 Å². The van der Waals surface area contributed by atoms with E-state index in [1.807, 2.05) is 42.6 Å². The van der Waals surface area contributed by atoms with Crippen molar-refractivity contribution in [2.24, 2.45) is 7.05 Å². The normalized spacial score (nSPS) is 11.4. The van der Waals surface area contributed by atoms with Crippen LogP contribution in [0.5, 0.6) is 0 Å². The van der Waals surface area contributed by atoms with Crippen molar-refractivity contribution in [2.45, 2.75) is 13.5 Å². The first-order chi connectivity index (χ1) is 11.1. The van der Waals surface area contributed by atoms with E-state index in [0.717, 1.165) is 21.5 Å². The van der Waals surface area contributed by atoms with Crippen molar-refractivity contribution in [1.29, 1.82) is 0 Å². The number of para-hydroxylation sites is 2. The molecule has 0 saturated carbocycles. The van der Waals surface area contributed by atoms with Crippen LogP contribution < -0.4 is 5.69 Å². The Morgan fingerprint density at radius 2 is 2.00 bits per heavy atom. The number of aryl methyl sites for hydroxylation is 2. The number of nitrogens with zero attached hydrogens (tertiary/aromatic N) is 4. The molecule has 0 bridgehead atoms. The number of thiophene rings is 1. The summed E-state index contributed by atoms with van der Waals surface area (Å²) in [6.45, 7) is 2.27. The number of benzene rings is 1. The molecular weight excluding hydrogens is 312 g/mol. The lowest BCUT2D eigenvalue weighted by Crippen LogP contribution is -2.22. The maximum Gasteiger partial charge on any atom is 0.329 e. The number of fused-ring (bicyclic) bond motifs is 1. The minimum atomic E-state index is -0.0988. The summed E-state index contributed by atoms with van der Waals surface area (Å²) in [6.07, 6.45) is 0. The molecule has 0 aliphatic carbocycles. The van der Waals surface area contributed by atoms with Crippen molar-refractivity contribution in [3.63, 3.8) is 0 Å². The Bertz CT molecular complexity index is 1050. The summed E-state index contributed by atoms with van der Waals surface area (Å²) in [5.41, 5.74) is 2.75. The maximum atomic E-state index is 12.4. The molecule has 0 amide bonds. The minimum Gasteiger partial charge on any atom is -0.337 e. The first kappa shape index (κ1) is 14.0. The quantitative estimate of drug-likeness (QED) is 0.581. The highest BCUT2D eigenvalue weighted by molar-refractivity contribution is 7.13. The molecule has 6 nitrogen and oxygen atoms in total. The molecular formula is C16H14N4O2S. The fourth-order valence-corrected chi connectivity index (χ4v) is 3.51. The third kappa shape index (κ3) is 2.20. The van der Waals surface area contributed by atoms with Crippen molar-refractivity contribution >= 4 is 22.4 Å². The van der Waals surface area contributed by atoms with Crippen LogP contribution in [0.2, 0.25) is 0 Å². The van der Waals surface area contributed by atoms with Gasteiger partial charge in [0, 0.05) is 7.05 Å². The molecule has 4 aromatic rings. The standard InChI is InChI=1S/C16H14N4O2S/c1-10-7-8-23-14(10)15-17-13(22-18-15)9-20-12-6-4-3-5-11(12)19(2)16(20)21/h3-8H,9H2,1-2H3. The molecule has 0 fully saturated rings. The van der Waals surface area contributed by atoms with Gasteiger partial charge >= 0.3 is 5.69 Å². The van der Waals surface area contributed by atoms with Gasteiger partial charge in [-0.3, -0.25) is 9.13 Å². The molecule has 3 heterocycles. The summed E-state index contributed by atoms with van der Waals surface area (Å²) < 4.78 is 8.60. The predicted molar refractivity (Wildman–Crippen MR) is 88.6 cm³/mol. The van der Waals surface area contributed by atoms with Gasteiger partial charge in [-0.1, -0.05) is 17.3 Å². The lowest BCUT2D eigenvalue weighted by molar-refractivity contribution is 0.371. The molecule has 0 radical (unpaired) electrons. The molecule has 0 N–H and O–H groups in total. The Hall–Kier alpha value is -2.67. The second kappa shape index (κ2) is 5.20. The lowest BCUT2D eigenvalue weighted by Gasteiger charge is -1.97. The first-order valence-corrected chi connectivity index (χ1v) is 8.04. The number of imidazole rings is 1. The highest BCUT2D eigenvalue weighted by atomic mass is 32.1. The molecule has 0 aliphatic heterocycles. The van der Waals surface area contributed by atoms with E-state index in [1.54, 1.807) is 27.5 Å². The number of aromatic nitrogens is 4. The van der Waals surface area contributed by atoms with Gasteiger partial charge in [0.2, 0.25) is 11.7 Å². The topological polar surface area (TPSA) is 65.8 Å². The third-order valence-electron chi connectivity index (χ3n) is 3.88. The molecule has 23 heavy (non-hydrogen) atoms. The smallest absolute Gasteiger partial charge is 0.329 e. The fourth-order valence-electron chi connectivity index (χ4n) is 2.66. The average molecular weight is 326 g/mol. The zero-order valence-corrected chi connectivity index (χ0v) is 13.5. The summed E-state index contributed by atoms with van der Waals surface area (Å²) in [6, 6.07) is 9.67. The van der Waals surface area contributed by atoms with E-state index < -0.39 is 0 Å². The Morgan fingerprint density at radius 3 is 2.74 bits per heavy atom. The van der Waals surface area contributed by atoms with Gasteiger partial charge in [0.1, 0.15) is 6.54 Å². The molecule has 0 spiro atoms. The SMILES string of the molecule is Cc1ccsc1-c1noc(Cn2c(=O)n(C)c3ccccc32)n1. The molecule has 0 aliphatic rings. The zero-order chi connectivity index (χ0) is 16.0. The van der Waals surface area contributed by atoms with E-state index in [-0.39, 0.29) is 12.2 Å². The van der Waals surface area contributed by atoms with Crippen LogP contribution in [0.4, 0.5) is 0 Å². The van der Waals surface area contributed by atoms with Gasteiger partial charge in [-0.15, -0.1) is 11.3 Å². The van der Waals surface area contributed by atoms with Crippen molar-refractivity contribution in [3.05, 3.63) is 57.7 Å². The van der Waals surface area contributed by atoms with Gasteiger partial charge in [-0.05, 0) is 36.1 Å². The Morgan fingerprint density at radius 1 is 1.22 bits per heavy atom. The van der Waals surface area contributed by atoms with Gasteiger partial charge in [0.05, 0.1) is 15.9 Å². The van der Waals surface area contributed by atoms with Crippen LogP contribution in [0.15, 0.2) is 45.0 Å². The van der Waals surface area contributed by atoms with E-state index >= 15 is 0 Å². The van der Waals surface area contributed by atoms with Crippen molar-refractivity contribution in [3.8, 4) is 10.7 Å². The zero-order valence-electron chi connectivity index (χ0n) is 12.7. The second-order valence-electron chi connectivity index (χ2n) is 5.36. The highest BCUT2D eigenvalue weighted by Gasteiger charge is 2.16. The summed E-state index contributed by atoms with van der Waals surface area (Å²) >= 11 is 1.57. The van der Waals surface area contributed by atoms with Crippen molar-refractivity contribution < 1.29 is 4.52 Å².